The van der Waals surface area contributed by atoms with Crippen molar-refractivity contribution in [1.29, 1.82) is 0 Å². The molecule has 1 aromatic rings. The first kappa shape index (κ1) is 23.0. The number of alkyl carbamates (subject to hydrolysis) is 1. The van der Waals surface area contributed by atoms with Crippen LogP contribution in [0.5, 0.6) is 0 Å². The number of rotatable bonds is 3. The van der Waals surface area contributed by atoms with E-state index < -0.39 is 0 Å². The number of hydrogen-bond donors (Lipinski definition) is 1. The van der Waals surface area contributed by atoms with E-state index in [4.69, 9.17) is 4.74 Å². The Morgan fingerprint density at radius 2 is 1.91 bits per heavy atom. The van der Waals surface area contributed by atoms with Gasteiger partial charge in [0.15, 0.2) is 0 Å². The van der Waals surface area contributed by atoms with Crippen molar-refractivity contribution in [3.8, 4) is 0 Å². The Morgan fingerprint density at radius 1 is 1.19 bits per heavy atom. The summed E-state index contributed by atoms with van der Waals surface area (Å²) in [7, 11) is 0. The lowest BCUT2D eigenvalue weighted by Crippen LogP contribution is -2.50. The lowest BCUT2D eigenvalue weighted by Gasteiger charge is -2.43. The summed E-state index contributed by atoms with van der Waals surface area (Å²) < 4.78 is 19.4. The summed E-state index contributed by atoms with van der Waals surface area (Å²) in [6.07, 6.45) is 6.72. The quantitative estimate of drug-likeness (QED) is 0.702. The summed E-state index contributed by atoms with van der Waals surface area (Å²) in [5.74, 6) is -0.218. The van der Waals surface area contributed by atoms with Gasteiger partial charge in [0.1, 0.15) is 5.82 Å². The van der Waals surface area contributed by atoms with Gasteiger partial charge in [-0.2, -0.15) is 0 Å². The second-order valence-corrected chi connectivity index (χ2v) is 10.1. The Labute approximate surface area is 190 Å². The zero-order valence-corrected chi connectivity index (χ0v) is 19.5. The van der Waals surface area contributed by atoms with Crippen LogP contribution in [0.2, 0.25) is 0 Å². The van der Waals surface area contributed by atoms with Crippen molar-refractivity contribution in [2.24, 2.45) is 0 Å². The Morgan fingerprint density at radius 3 is 2.59 bits per heavy atom. The first-order chi connectivity index (χ1) is 15.3. The van der Waals surface area contributed by atoms with Crippen LogP contribution >= 0.6 is 0 Å². The molecule has 1 aliphatic carbocycles. The van der Waals surface area contributed by atoms with E-state index in [2.05, 4.69) is 10.2 Å². The highest BCUT2D eigenvalue weighted by Crippen LogP contribution is 2.47. The molecule has 0 aromatic heterocycles. The number of anilines is 1. The van der Waals surface area contributed by atoms with Crippen LogP contribution in [0.3, 0.4) is 0 Å². The molecule has 1 aromatic carbocycles. The second-order valence-electron chi connectivity index (χ2n) is 10.1. The highest BCUT2D eigenvalue weighted by molar-refractivity contribution is 5.94. The van der Waals surface area contributed by atoms with Crippen LogP contribution in [0.4, 0.5) is 14.9 Å². The van der Waals surface area contributed by atoms with Gasteiger partial charge in [-0.15, -0.1) is 0 Å². The monoisotopic (exact) mass is 445 g/mol. The summed E-state index contributed by atoms with van der Waals surface area (Å²) in [5.41, 5.74) is 1.70. The molecule has 1 N–H and O–H groups in total. The fourth-order valence-electron chi connectivity index (χ4n) is 5.88. The fraction of sp³-hybridized carbons (Fsp3) is 0.680. The van der Waals surface area contributed by atoms with E-state index in [9.17, 15) is 14.0 Å². The lowest BCUT2D eigenvalue weighted by molar-refractivity contribution is -0.116. The summed E-state index contributed by atoms with van der Waals surface area (Å²) >= 11 is 0. The summed E-state index contributed by atoms with van der Waals surface area (Å²) in [5, 5.41) is 3.07. The molecule has 2 fully saturated rings. The highest BCUT2D eigenvalue weighted by Gasteiger charge is 2.46. The van der Waals surface area contributed by atoms with Gasteiger partial charge in [-0.05, 0) is 82.8 Å². The van der Waals surface area contributed by atoms with Crippen LogP contribution in [-0.4, -0.2) is 54.7 Å². The maximum atomic E-state index is 14.1. The molecule has 2 atom stereocenters. The fourth-order valence-corrected chi connectivity index (χ4v) is 5.88. The number of likely N-dealkylation sites (tertiary alicyclic amines) is 1. The van der Waals surface area contributed by atoms with E-state index >= 15 is 0 Å². The summed E-state index contributed by atoms with van der Waals surface area (Å²) in [4.78, 5) is 28.7. The lowest BCUT2D eigenvalue weighted by atomic mass is 9.74. The molecule has 0 radical (unpaired) electrons. The normalized spacial score (nSPS) is 25.5. The number of carbonyl (C=O) groups is 2. The molecule has 176 valence electrons. The minimum absolute atomic E-state index is 0.0168. The number of piperidine rings is 1. The van der Waals surface area contributed by atoms with Crippen LogP contribution in [0.25, 0.3) is 0 Å². The maximum Gasteiger partial charge on any atom is 0.407 e. The average molecular weight is 446 g/mol. The van der Waals surface area contributed by atoms with Gasteiger partial charge in [0, 0.05) is 36.7 Å². The van der Waals surface area contributed by atoms with Crippen LogP contribution in [0.15, 0.2) is 18.2 Å². The van der Waals surface area contributed by atoms with Gasteiger partial charge in [-0.3, -0.25) is 4.79 Å². The third-order valence-corrected chi connectivity index (χ3v) is 7.49. The van der Waals surface area contributed by atoms with Gasteiger partial charge in [0.25, 0.3) is 0 Å². The van der Waals surface area contributed by atoms with Crippen LogP contribution in [0, 0.1) is 5.82 Å². The predicted octanol–water partition coefficient (Wildman–Crippen LogP) is 4.36. The molecule has 6 nitrogen and oxygen atoms in total. The Bertz CT molecular complexity index is 851. The van der Waals surface area contributed by atoms with Crippen molar-refractivity contribution in [3.63, 3.8) is 0 Å². The Hall–Kier alpha value is -2.15. The topological polar surface area (TPSA) is 61.9 Å². The molecule has 32 heavy (non-hydrogen) atoms. The van der Waals surface area contributed by atoms with E-state index in [1.165, 1.54) is 6.07 Å². The minimum atomic E-state index is -0.322. The first-order valence-corrected chi connectivity index (χ1v) is 12.1. The largest absolute Gasteiger partial charge is 0.447 e. The highest BCUT2D eigenvalue weighted by atomic mass is 19.1. The van der Waals surface area contributed by atoms with Gasteiger partial charge in [-0.1, -0.05) is 12.8 Å². The molecule has 1 saturated heterocycles. The van der Waals surface area contributed by atoms with Crippen molar-refractivity contribution in [2.75, 3.05) is 24.5 Å². The van der Waals surface area contributed by atoms with E-state index in [1.807, 2.05) is 18.7 Å². The SMILES string of the molecule is CC(=O)N1CC2(CCN(C3CCCCC(NC(=O)OC(C)C)C3)CC2)c2cc(F)ccc21. The summed E-state index contributed by atoms with van der Waals surface area (Å²) in [6.45, 7) is 7.80. The average Bonchev–Trinajstić information content (AvgIpc) is 2.87. The molecular formula is C25H36FN3O3. The van der Waals surface area contributed by atoms with E-state index in [1.54, 1.807) is 19.1 Å². The van der Waals surface area contributed by atoms with E-state index in [0.717, 1.165) is 69.3 Å². The third kappa shape index (κ3) is 4.77. The van der Waals surface area contributed by atoms with Gasteiger partial charge < -0.3 is 19.9 Å². The number of ether oxygens (including phenoxy) is 1. The van der Waals surface area contributed by atoms with Crippen molar-refractivity contribution in [1.82, 2.24) is 10.2 Å². The number of hydrogen-bond acceptors (Lipinski definition) is 4. The molecule has 3 aliphatic rings. The molecular weight excluding hydrogens is 409 g/mol. The Kier molecular flexibility index (Phi) is 6.75. The number of carbonyl (C=O) groups excluding carboxylic acids is 2. The van der Waals surface area contributed by atoms with Gasteiger partial charge in [0.05, 0.1) is 6.10 Å². The van der Waals surface area contributed by atoms with Crippen molar-refractivity contribution < 1.29 is 18.7 Å². The van der Waals surface area contributed by atoms with E-state index in [-0.39, 0.29) is 35.4 Å². The third-order valence-electron chi connectivity index (χ3n) is 7.49. The first-order valence-electron chi connectivity index (χ1n) is 12.1. The molecule has 2 unspecified atom stereocenters. The molecule has 4 rings (SSSR count). The van der Waals surface area contributed by atoms with E-state index in [0.29, 0.717) is 12.6 Å². The van der Waals surface area contributed by atoms with Crippen LogP contribution < -0.4 is 10.2 Å². The molecule has 2 aliphatic heterocycles. The van der Waals surface area contributed by atoms with Gasteiger partial charge in [0.2, 0.25) is 5.91 Å². The molecule has 7 heteroatoms. The van der Waals surface area contributed by atoms with Gasteiger partial charge >= 0.3 is 6.09 Å². The molecule has 1 spiro atoms. The number of benzene rings is 1. The van der Waals surface area contributed by atoms with Crippen molar-refractivity contribution in [3.05, 3.63) is 29.6 Å². The van der Waals surface area contributed by atoms with Crippen LogP contribution in [0.1, 0.15) is 71.3 Å². The molecule has 1 saturated carbocycles. The van der Waals surface area contributed by atoms with Crippen molar-refractivity contribution >= 4 is 17.7 Å². The van der Waals surface area contributed by atoms with Gasteiger partial charge in [-0.25, -0.2) is 9.18 Å². The van der Waals surface area contributed by atoms with Crippen LogP contribution in [-0.2, 0) is 14.9 Å². The zero-order chi connectivity index (χ0) is 22.9. The second kappa shape index (κ2) is 9.38. The maximum absolute atomic E-state index is 14.1. The number of nitrogens with one attached hydrogen (secondary N) is 1. The zero-order valence-electron chi connectivity index (χ0n) is 19.5. The summed E-state index contributed by atoms with van der Waals surface area (Å²) in [6, 6.07) is 5.41. The number of amides is 2. The molecule has 0 bridgehead atoms. The number of halogens is 1. The standard InChI is InChI=1S/C25H36FN3O3/c1-17(2)32-24(31)27-20-6-4-5-7-21(15-20)28-12-10-25(11-13-28)16-29(18(3)30)23-9-8-19(26)14-22(23)25/h8-9,14,17,20-21H,4-7,10-13,15-16H2,1-3H3,(H,27,31). The smallest absolute Gasteiger partial charge is 0.407 e. The van der Waals surface area contributed by atoms with Crippen molar-refractivity contribution in [2.45, 2.75) is 89.3 Å². The molecule has 2 amide bonds. The number of nitrogens with zero attached hydrogens (tertiary/aromatic N) is 2. The molecule has 2 heterocycles. The predicted molar refractivity (Wildman–Crippen MR) is 122 cm³/mol. The minimum Gasteiger partial charge on any atom is -0.447 e. The Balaban J connectivity index is 1.42. The number of fused-ring (bicyclic) bond motifs is 2.